The lowest BCUT2D eigenvalue weighted by molar-refractivity contribution is 0.0374. The highest BCUT2D eigenvalue weighted by Gasteiger charge is 2.25. The molecule has 0 bridgehead atoms. The van der Waals surface area contributed by atoms with Crippen LogP contribution in [0.4, 0.5) is 17.6 Å². The predicted molar refractivity (Wildman–Crippen MR) is 526 cm³/mol. The molecule has 15 heterocycles. The van der Waals surface area contributed by atoms with Gasteiger partial charge in [0, 0.05) is 204 Å². The molecule has 0 aliphatic carbocycles. The molecule has 4 amide bonds. The van der Waals surface area contributed by atoms with E-state index < -0.39 is 0 Å². The number of pyridine rings is 8. The van der Waals surface area contributed by atoms with Crippen LogP contribution in [-0.2, 0) is 4.74 Å². The van der Waals surface area contributed by atoms with Crippen LogP contribution in [0.1, 0.15) is 77.6 Å². The van der Waals surface area contributed by atoms with Crippen LogP contribution in [0.3, 0.4) is 0 Å². The average molecular weight is 1850 g/mol. The van der Waals surface area contributed by atoms with E-state index in [4.69, 9.17) is 4.74 Å². The van der Waals surface area contributed by atoms with Crippen LogP contribution < -0.4 is 21.3 Å². The molecule has 0 atom stereocenters. The molecule has 12 aromatic heterocycles. The van der Waals surface area contributed by atoms with Gasteiger partial charge in [-0.1, -0.05) is 30.3 Å². The molecule has 3 fully saturated rings. The third-order valence-electron chi connectivity index (χ3n) is 24.9. The molecular formula is C106H112F4N22O5. The van der Waals surface area contributed by atoms with E-state index in [0.717, 1.165) is 229 Å². The van der Waals surface area contributed by atoms with Crippen LogP contribution in [-0.4, -0.2) is 270 Å². The maximum Gasteiger partial charge on any atom is 0.287 e. The molecule has 137 heavy (non-hydrogen) atoms. The fourth-order valence-electron chi connectivity index (χ4n) is 17.0. The van der Waals surface area contributed by atoms with Gasteiger partial charge >= 0.3 is 0 Å². The first-order chi connectivity index (χ1) is 66.5. The Kier molecular flexibility index (Phi) is 31.3. The van der Waals surface area contributed by atoms with Crippen molar-refractivity contribution in [3.63, 3.8) is 0 Å². The van der Waals surface area contributed by atoms with Crippen LogP contribution >= 0.6 is 0 Å². The normalized spacial score (nSPS) is 13.9. The standard InChI is InChI=1S/C28H31FN6O.C27H29FN6O.C27H28FN5O2.C24H24FN5O/c1-20-17-22(6-7-25(20)29)26-24(5-3-9-30-26)21-8-12-35-23(18-21)19-32-27(35)28(36)31-10-4-11-34-15-13-33(2)14-16-34;1-19-16-21(5-6-24(19)28)25-23(4-3-8-29-25)20-7-10-34-22(17-20)18-31-26(34)27(35)30-9-11-33-14-12-32(2)13-15-33;1-19-16-21(5-6-24(19)28)25-23(4-2-8-29-25)20-7-11-33-22(17-20)18-31-26(33)27(34)30-9-3-10-32-12-14-35-15-13-32;1-16-13-17(7-9-21(16)25)22-20(5-4-10-26-22)18-6-8-19-14-28-23(30(19)15-18)24(31)27-11-12-29(2)3/h3,5-9,12,17-19H,4,10-11,13-16H2,1-2H3,(H,31,36);3-8,10,16-18H,9,11-15H2,1-2H3,(H,30,35);2,4-8,11,16-18H,3,9-10,12-15H2,1H3,(H,30,34);4-10,13-15H,11-12H2,1-3H3,(H,27,31). The maximum atomic E-state index is 13.8. The van der Waals surface area contributed by atoms with Crippen LogP contribution in [0.2, 0.25) is 0 Å². The number of piperazine rings is 2. The van der Waals surface area contributed by atoms with Gasteiger partial charge in [0.05, 0.1) is 82.8 Å². The summed E-state index contributed by atoms with van der Waals surface area (Å²) in [6, 6.07) is 51.2. The topological polar surface area (TPSA) is 266 Å². The number of carbonyl (C=O) groups is 4. The molecule has 31 heteroatoms. The average Bonchev–Trinajstić information content (AvgIpc) is 1.67. The molecule has 0 saturated carbocycles. The molecule has 0 spiro atoms. The number of amides is 4. The van der Waals surface area contributed by atoms with E-state index in [9.17, 15) is 36.7 Å². The summed E-state index contributed by atoms with van der Waals surface area (Å²) in [7, 11) is 8.19. The molecule has 4 N–H and O–H groups in total. The number of aryl methyl sites for hydroxylation is 4. The zero-order valence-electron chi connectivity index (χ0n) is 78.3. The summed E-state index contributed by atoms with van der Waals surface area (Å²) in [6.45, 7) is 24.8. The van der Waals surface area contributed by atoms with Crippen molar-refractivity contribution < 1.29 is 41.5 Å². The Morgan fingerprint density at radius 2 is 0.650 bits per heavy atom. The van der Waals surface area contributed by atoms with Crippen molar-refractivity contribution in [2.24, 2.45) is 0 Å². The molecule has 27 nitrogen and oxygen atoms in total. The highest BCUT2D eigenvalue weighted by atomic mass is 19.1. The summed E-state index contributed by atoms with van der Waals surface area (Å²) >= 11 is 0. The van der Waals surface area contributed by atoms with Gasteiger partial charge in [-0.15, -0.1) is 0 Å². The lowest BCUT2D eigenvalue weighted by atomic mass is 9.99. The van der Waals surface area contributed by atoms with Crippen LogP contribution in [0, 0.1) is 51.0 Å². The van der Waals surface area contributed by atoms with Gasteiger partial charge in [0.2, 0.25) is 23.3 Å². The van der Waals surface area contributed by atoms with Gasteiger partial charge in [-0.3, -0.25) is 66.5 Å². The number of hydrogen-bond acceptors (Lipinski definition) is 19. The first-order valence-electron chi connectivity index (χ1n) is 46.2. The van der Waals surface area contributed by atoms with Gasteiger partial charge in [0.1, 0.15) is 23.3 Å². The number of nitrogens with zero attached hydrogens (tertiary/aromatic N) is 18. The van der Waals surface area contributed by atoms with E-state index in [2.05, 4.69) is 99.7 Å². The summed E-state index contributed by atoms with van der Waals surface area (Å²) in [6.07, 6.45) is 23.0. The summed E-state index contributed by atoms with van der Waals surface area (Å²) in [5, 5.41) is 11.9. The number of morpholine rings is 1. The van der Waals surface area contributed by atoms with E-state index in [1.807, 2.05) is 153 Å². The van der Waals surface area contributed by atoms with E-state index in [-0.39, 0.29) is 46.9 Å². The molecule has 19 rings (SSSR count). The number of likely N-dealkylation sites (N-methyl/N-ethyl adjacent to an activating group) is 3. The lowest BCUT2D eigenvalue weighted by Crippen LogP contribution is -2.47. The van der Waals surface area contributed by atoms with Crippen molar-refractivity contribution in [2.75, 3.05) is 159 Å². The third kappa shape index (κ3) is 23.6. The van der Waals surface area contributed by atoms with Gasteiger partial charge in [0.25, 0.3) is 23.6 Å². The van der Waals surface area contributed by atoms with Crippen molar-refractivity contribution in [1.82, 2.24) is 108 Å². The maximum absolute atomic E-state index is 13.8. The Morgan fingerprint density at radius 3 is 1.01 bits per heavy atom. The largest absolute Gasteiger partial charge is 0.379 e. The molecule has 4 aromatic carbocycles. The summed E-state index contributed by atoms with van der Waals surface area (Å²) in [4.78, 5) is 101. The minimum absolute atomic E-state index is 0.176. The number of aromatic nitrogens is 12. The molecule has 3 aliphatic heterocycles. The number of fused-ring (bicyclic) bond motifs is 4. The Balaban J connectivity index is 0.000000132. The van der Waals surface area contributed by atoms with Gasteiger partial charge in [0.15, 0.2) is 0 Å². The van der Waals surface area contributed by atoms with Gasteiger partial charge in [-0.2, -0.15) is 0 Å². The number of hydrogen-bond donors (Lipinski definition) is 4. The molecule has 0 unspecified atom stereocenters. The lowest BCUT2D eigenvalue weighted by Gasteiger charge is -2.32. The Bertz CT molecular complexity index is 6970. The summed E-state index contributed by atoms with van der Waals surface area (Å²) in [5.41, 5.74) is 19.5. The number of nitrogens with one attached hydrogen (secondary N) is 4. The first-order valence-corrected chi connectivity index (χ1v) is 46.2. The van der Waals surface area contributed by atoms with Crippen molar-refractivity contribution in [1.29, 1.82) is 0 Å². The number of halogens is 4. The molecule has 704 valence electrons. The second kappa shape index (κ2) is 44.8. The Hall–Kier alpha value is -14.4. The highest BCUT2D eigenvalue weighted by Crippen LogP contribution is 2.37. The third-order valence-corrected chi connectivity index (χ3v) is 24.9. The Morgan fingerprint density at radius 1 is 0.336 bits per heavy atom. The quantitative estimate of drug-likeness (QED) is 0.0290. The monoisotopic (exact) mass is 1850 g/mol. The number of ether oxygens (including phenoxy) is 1. The molecule has 3 saturated heterocycles. The van der Waals surface area contributed by atoms with Crippen LogP contribution in [0.25, 0.3) is 112 Å². The fourth-order valence-corrected chi connectivity index (χ4v) is 17.0. The zero-order chi connectivity index (χ0) is 95.6. The molecular weight excluding hydrogens is 1740 g/mol. The number of benzene rings is 4. The molecule has 3 aliphatic rings. The zero-order valence-corrected chi connectivity index (χ0v) is 78.3. The second-order valence-electron chi connectivity index (χ2n) is 34.9. The first kappa shape index (κ1) is 95.7. The molecule has 0 radical (unpaired) electrons. The van der Waals surface area contributed by atoms with E-state index in [1.165, 1.54) is 24.3 Å². The van der Waals surface area contributed by atoms with Crippen molar-refractivity contribution in [2.45, 2.75) is 40.5 Å². The number of imidazole rings is 4. The van der Waals surface area contributed by atoms with Crippen LogP contribution in [0.5, 0.6) is 0 Å². The number of carbonyl (C=O) groups excluding carboxylic acids is 4. The Labute approximate surface area is 793 Å². The summed E-state index contributed by atoms with van der Waals surface area (Å²) < 4.78 is 67.7. The van der Waals surface area contributed by atoms with Crippen molar-refractivity contribution >= 4 is 45.7 Å². The van der Waals surface area contributed by atoms with Crippen LogP contribution in [0.15, 0.2) is 244 Å². The summed E-state index contributed by atoms with van der Waals surface area (Å²) in [5.74, 6) is -0.295. The van der Waals surface area contributed by atoms with Crippen molar-refractivity contribution in [3.05, 3.63) is 313 Å². The minimum atomic E-state index is -0.244. The fraction of sp³-hybridized carbons (Fsp3) is 0.283. The van der Waals surface area contributed by atoms with Gasteiger partial charge < -0.3 is 45.6 Å². The second-order valence-corrected chi connectivity index (χ2v) is 34.9. The smallest absolute Gasteiger partial charge is 0.287 e. The van der Waals surface area contributed by atoms with Gasteiger partial charge in [-0.25, -0.2) is 37.5 Å². The van der Waals surface area contributed by atoms with Gasteiger partial charge in [-0.05, 0) is 260 Å². The highest BCUT2D eigenvalue weighted by molar-refractivity contribution is 5.95. The minimum Gasteiger partial charge on any atom is -0.379 e. The van der Waals surface area contributed by atoms with E-state index >= 15 is 0 Å². The van der Waals surface area contributed by atoms with E-state index in [0.29, 0.717) is 71.7 Å². The van der Waals surface area contributed by atoms with E-state index in [1.54, 1.807) is 131 Å². The predicted octanol–water partition coefficient (Wildman–Crippen LogP) is 15.1. The SMILES string of the molecule is Cc1cc(-c2ncccc2-c2ccc3cnc(C(=O)NCCN(C)C)n3c2)ccc1F.Cc1cc(-c2ncccc2-c2ccn3c(C(=O)NCCCN4CCN(C)CC4)ncc3c2)ccc1F.Cc1cc(-c2ncccc2-c2ccn3c(C(=O)NCCCN4CCOCC4)ncc3c2)ccc1F.Cc1cc(-c2ncccc2-c2ccn3c(C(=O)NCCN4CCN(C)CC4)ncc3c2)ccc1F. The van der Waals surface area contributed by atoms with Crippen molar-refractivity contribution in [3.8, 4) is 89.5 Å². The number of rotatable bonds is 26. The molecule has 16 aromatic rings.